The van der Waals surface area contributed by atoms with Gasteiger partial charge in [0, 0.05) is 130 Å². The van der Waals surface area contributed by atoms with E-state index in [4.69, 9.17) is 0 Å². The second-order valence-electron chi connectivity index (χ2n) is 37.6. The molecule has 0 saturated heterocycles. The van der Waals surface area contributed by atoms with E-state index in [2.05, 4.69) is 382 Å². The predicted molar refractivity (Wildman–Crippen MR) is 596 cm³/mol. The van der Waals surface area contributed by atoms with Gasteiger partial charge in [-0.25, -0.2) is 0 Å². The summed E-state index contributed by atoms with van der Waals surface area (Å²) in [6.07, 6.45) is 14.6. The zero-order valence-electron chi connectivity index (χ0n) is 83.6. The van der Waals surface area contributed by atoms with E-state index >= 15 is 0 Å². The van der Waals surface area contributed by atoms with Crippen molar-refractivity contribution in [2.75, 3.05) is 0 Å². The van der Waals surface area contributed by atoms with Crippen LogP contribution in [0.3, 0.4) is 0 Å². The first kappa shape index (κ1) is 114. The Morgan fingerprint density at radius 2 is 0.476 bits per heavy atom. The molecule has 16 heteroatoms. The molecule has 0 aliphatic heterocycles. The number of aromatic nitrogens is 8. The topological polar surface area (TPSA) is 103 Å². The molecular weight excluding hydrogens is 2520 g/mol. The minimum Gasteiger partial charge on any atom is -0.305 e. The molecular formula is C127H118Ir4N8Si4-8. The molecule has 4 radical (unpaired) electrons. The van der Waals surface area contributed by atoms with Crippen molar-refractivity contribution in [1.82, 2.24) is 39.9 Å². The second-order valence-corrected chi connectivity index (χ2v) is 57.8. The summed E-state index contributed by atoms with van der Waals surface area (Å²) in [4.78, 5) is 34.6. The Labute approximate surface area is 907 Å². The van der Waals surface area contributed by atoms with Gasteiger partial charge in [0.1, 0.15) is 0 Å². The van der Waals surface area contributed by atoms with Gasteiger partial charge in [-0.3, -0.25) is 0 Å². The summed E-state index contributed by atoms with van der Waals surface area (Å²) in [7, 11) is -5.25. The van der Waals surface area contributed by atoms with Crippen molar-refractivity contribution in [1.29, 1.82) is 0 Å². The van der Waals surface area contributed by atoms with Crippen LogP contribution in [-0.2, 0) is 80.4 Å². The normalized spacial score (nSPS) is 10.5. The van der Waals surface area contributed by atoms with Crippen LogP contribution >= 0.6 is 0 Å². The summed E-state index contributed by atoms with van der Waals surface area (Å²) < 4.78 is 0. The number of rotatable bonds is 16. The third-order valence-electron chi connectivity index (χ3n) is 22.6. The van der Waals surface area contributed by atoms with Crippen LogP contribution in [0.4, 0.5) is 0 Å². The van der Waals surface area contributed by atoms with Crippen molar-refractivity contribution < 1.29 is 80.4 Å². The number of hydrogen-bond acceptors (Lipinski definition) is 8. The molecule has 8 heterocycles. The molecule has 726 valence electrons. The maximum absolute atomic E-state index is 4.48. The van der Waals surface area contributed by atoms with Crippen LogP contribution in [0, 0.1) is 69.3 Å². The summed E-state index contributed by atoms with van der Waals surface area (Å²) in [6.45, 7) is 34.8. The van der Waals surface area contributed by atoms with Gasteiger partial charge in [0.15, 0.2) is 0 Å². The van der Waals surface area contributed by atoms with Crippen LogP contribution in [0.5, 0.6) is 0 Å². The van der Waals surface area contributed by atoms with Gasteiger partial charge in [-0.05, 0) is 114 Å². The molecule has 0 amide bonds. The largest absolute Gasteiger partial charge is 0.305 e. The molecule has 12 aromatic carbocycles. The average molecular weight is 2640 g/mol. The van der Waals surface area contributed by atoms with Crippen LogP contribution in [0.2, 0.25) is 78.6 Å². The molecule has 0 aliphatic carbocycles. The van der Waals surface area contributed by atoms with Crippen molar-refractivity contribution in [2.24, 2.45) is 0 Å². The number of benzene rings is 12. The zero-order chi connectivity index (χ0) is 97.8. The molecule has 0 aliphatic rings. The van der Waals surface area contributed by atoms with Gasteiger partial charge < -0.3 is 39.9 Å². The van der Waals surface area contributed by atoms with E-state index < -0.39 is 32.3 Å². The van der Waals surface area contributed by atoms with E-state index in [9.17, 15) is 0 Å². The number of aryl methyl sites for hydroxylation is 3. The quantitative estimate of drug-likeness (QED) is 0.0696. The maximum atomic E-state index is 4.48. The SMILES string of the molecule is C[Si](C)(C)c1ccccc1-c1c[c-]c(-c2ccccn2)cc1.Cc1ccc(-c2[c-]cc(-c3ccccc3[Si](C)(C)C)cc2)nc1.Cc1ccnc(-c2[c-]cc(-c3ccc([Si](C)(C)C)cc3)cc2)c1.Cc1ccnc(-c2[c-]cc(-c3cccc([Si](C)(C)C)c3)cc2)c1.[Ir].[Ir].[Ir].[Ir].[c-]1ccccc1-c1ccccn1.[c-]1ccccc1-c1ccccn1.[c-]1ccccc1-c1ccccn1.[c-]1ccccc1-c1ccccn1. The van der Waals surface area contributed by atoms with E-state index in [1.54, 1.807) is 24.8 Å². The molecule has 0 bridgehead atoms. The zero-order valence-corrected chi connectivity index (χ0v) is 97.1. The molecule has 0 fully saturated rings. The maximum Gasteiger partial charge on any atom is 0.0775 e. The Bertz CT molecular complexity index is 6630. The van der Waals surface area contributed by atoms with Crippen molar-refractivity contribution >= 4 is 53.0 Å². The second kappa shape index (κ2) is 57.0. The summed E-state index contributed by atoms with van der Waals surface area (Å²) in [5.74, 6) is 0. The van der Waals surface area contributed by atoms with Crippen LogP contribution in [0.15, 0.2) is 444 Å². The van der Waals surface area contributed by atoms with E-state index in [-0.39, 0.29) is 80.4 Å². The first-order valence-corrected chi connectivity index (χ1v) is 61.0. The Hall–Kier alpha value is -12.7. The molecule has 0 unspecified atom stereocenters. The van der Waals surface area contributed by atoms with E-state index in [0.29, 0.717) is 0 Å². The molecule has 20 rings (SSSR count). The van der Waals surface area contributed by atoms with Crippen LogP contribution in [0.1, 0.15) is 16.7 Å². The average Bonchev–Trinajstić information content (AvgIpc) is 0.804. The molecule has 0 spiro atoms. The van der Waals surface area contributed by atoms with Crippen molar-refractivity contribution in [2.45, 2.75) is 99.3 Å². The molecule has 0 atom stereocenters. The summed E-state index contributed by atoms with van der Waals surface area (Å²) in [5.41, 5.74) is 29.8. The van der Waals surface area contributed by atoms with E-state index in [1.165, 1.54) is 81.9 Å². The Morgan fingerprint density at radius 1 is 0.182 bits per heavy atom. The van der Waals surface area contributed by atoms with Crippen LogP contribution in [-0.4, -0.2) is 72.2 Å². The first-order valence-electron chi connectivity index (χ1n) is 47.0. The minimum absolute atomic E-state index is 0. The van der Waals surface area contributed by atoms with Gasteiger partial charge in [-0.1, -0.05) is 337 Å². The van der Waals surface area contributed by atoms with Gasteiger partial charge in [0.05, 0.1) is 32.3 Å². The molecule has 8 nitrogen and oxygen atoms in total. The van der Waals surface area contributed by atoms with Gasteiger partial charge in [-0.15, -0.1) is 263 Å². The fourth-order valence-electron chi connectivity index (χ4n) is 15.0. The Balaban J connectivity index is 0.000000184. The molecule has 0 N–H and O–H groups in total. The van der Waals surface area contributed by atoms with Gasteiger partial charge in [-0.2, -0.15) is 0 Å². The van der Waals surface area contributed by atoms with E-state index in [1.807, 2.05) is 225 Å². The minimum atomic E-state index is -1.37. The summed E-state index contributed by atoms with van der Waals surface area (Å²) in [5, 5.41) is 5.97. The van der Waals surface area contributed by atoms with Gasteiger partial charge in [0.2, 0.25) is 0 Å². The Kier molecular flexibility index (Phi) is 45.4. The molecule has 20 aromatic rings. The fraction of sp³-hybridized carbons (Fsp3) is 0.118. The third-order valence-corrected chi connectivity index (χ3v) is 30.8. The standard InChI is InChI=1S/3C21H22NSi.C20H20NSi.4C11H8N.4Ir/c1-16-13-14-22-21(15-16)19-7-5-17(6-8-19)18-9-11-20(12-10-18)23(2,3)4;1-16-12-13-22-21(14-16)18-10-8-17(9-11-18)19-6-5-7-20(15-19)23(2,3)4;1-16-9-14-20(22-15-16)18-12-10-17(11-13-18)19-7-5-6-8-21(19)23(2,3)4;1-22(2,3)20-10-5-4-8-18(20)16-11-13-17(14-12-16)19-9-6-7-15-21-19;4*1-2-6-10(7-3-1)11-8-4-5-9-12-11;;;;/h5-7,9-15H,1-4H3;5-10,12-15H,1-4H3;5-12,14-15H,1-4H3;4-13,15H,1-3H3;4*1-6,8-9H;;;;/q8*-1;;;;. The summed E-state index contributed by atoms with van der Waals surface area (Å²) in [6, 6.07) is 160. The van der Waals surface area contributed by atoms with Gasteiger partial charge >= 0.3 is 0 Å². The van der Waals surface area contributed by atoms with Crippen LogP contribution in [0.25, 0.3) is 135 Å². The number of pyridine rings is 8. The fourth-order valence-corrected chi connectivity index (χ4v) is 20.6. The first-order chi connectivity index (χ1) is 67.2. The van der Waals surface area contributed by atoms with E-state index in [0.717, 1.165) is 90.1 Å². The number of hydrogen-bond donors (Lipinski definition) is 0. The smallest absolute Gasteiger partial charge is 0.0775 e. The molecule has 8 aromatic heterocycles. The van der Waals surface area contributed by atoms with Gasteiger partial charge in [0.25, 0.3) is 0 Å². The van der Waals surface area contributed by atoms with Crippen molar-refractivity contribution in [3.05, 3.63) is 509 Å². The monoisotopic (exact) mass is 2640 g/mol. The number of nitrogens with zero attached hydrogens (tertiary/aromatic N) is 8. The third kappa shape index (κ3) is 35.4. The molecule has 0 saturated carbocycles. The summed E-state index contributed by atoms with van der Waals surface area (Å²) >= 11 is 0. The molecule has 143 heavy (non-hydrogen) atoms. The van der Waals surface area contributed by atoms with Crippen molar-refractivity contribution in [3.63, 3.8) is 0 Å². The van der Waals surface area contributed by atoms with Crippen LogP contribution < -0.4 is 20.7 Å². The predicted octanol–water partition coefficient (Wildman–Crippen LogP) is 30.2. The van der Waals surface area contributed by atoms with Crippen molar-refractivity contribution in [3.8, 4) is 135 Å². The Morgan fingerprint density at radius 3 is 0.762 bits per heavy atom.